The lowest BCUT2D eigenvalue weighted by Crippen LogP contribution is -2.17. The maximum Gasteiger partial charge on any atom is 0.281 e. The van der Waals surface area contributed by atoms with Gasteiger partial charge in [0.05, 0.1) is 16.4 Å². The molecule has 10 heteroatoms. The number of rotatable bonds is 4. The predicted molar refractivity (Wildman–Crippen MR) is 87.2 cm³/mol. The summed E-state index contributed by atoms with van der Waals surface area (Å²) in [4.78, 5) is 4.71. The average Bonchev–Trinajstić information content (AvgIpc) is 2.98. The van der Waals surface area contributed by atoms with E-state index in [1.165, 1.54) is 21.9 Å². The van der Waals surface area contributed by atoms with Gasteiger partial charge in [0.15, 0.2) is 0 Å². The minimum atomic E-state index is -4.02. The van der Waals surface area contributed by atoms with Crippen molar-refractivity contribution in [1.29, 1.82) is 0 Å². The zero-order chi connectivity index (χ0) is 16.8. The Morgan fingerprint density at radius 2 is 2.17 bits per heavy atom. The molecule has 0 fully saturated rings. The molecule has 1 N–H and O–H groups in total. The van der Waals surface area contributed by atoms with Crippen LogP contribution in [0.1, 0.15) is 17.6 Å². The highest BCUT2D eigenvalue weighted by Crippen LogP contribution is 2.28. The van der Waals surface area contributed by atoms with E-state index in [1.807, 2.05) is 6.92 Å². The molecule has 122 valence electrons. The van der Waals surface area contributed by atoms with E-state index in [0.717, 1.165) is 17.1 Å². The van der Waals surface area contributed by atoms with Crippen LogP contribution in [0.3, 0.4) is 0 Å². The van der Waals surface area contributed by atoms with Crippen molar-refractivity contribution < 1.29 is 12.8 Å². The first-order valence-electron chi connectivity index (χ1n) is 6.64. The van der Waals surface area contributed by atoms with Gasteiger partial charge in [0.2, 0.25) is 9.99 Å². The van der Waals surface area contributed by atoms with Crippen LogP contribution in [0.25, 0.3) is 4.96 Å². The minimum Gasteiger partial charge on any atom is -0.277 e. The Kier molecular flexibility index (Phi) is 4.03. The molecular weight excluding hydrogens is 363 g/mol. The summed E-state index contributed by atoms with van der Waals surface area (Å²) in [5, 5.41) is 5.04. The first-order chi connectivity index (χ1) is 10.8. The second-order valence-electron chi connectivity index (χ2n) is 4.78. The van der Waals surface area contributed by atoms with Crippen LogP contribution >= 0.6 is 22.9 Å². The molecule has 3 aromatic rings. The Morgan fingerprint density at radius 1 is 1.43 bits per heavy atom. The van der Waals surface area contributed by atoms with Gasteiger partial charge in [-0.3, -0.25) is 4.72 Å². The second kappa shape index (κ2) is 5.73. The maximum atomic E-state index is 13.3. The largest absolute Gasteiger partial charge is 0.281 e. The van der Waals surface area contributed by atoms with Gasteiger partial charge in [-0.1, -0.05) is 29.9 Å². The van der Waals surface area contributed by atoms with Crippen molar-refractivity contribution in [1.82, 2.24) is 14.6 Å². The van der Waals surface area contributed by atoms with Crippen LogP contribution in [-0.4, -0.2) is 23.0 Å². The Balaban J connectivity index is 2.10. The first-order valence-corrected chi connectivity index (χ1v) is 9.32. The first kappa shape index (κ1) is 16.2. The van der Waals surface area contributed by atoms with Gasteiger partial charge in [0.25, 0.3) is 10.0 Å². The number of hydrogen-bond donors (Lipinski definition) is 1. The fourth-order valence-electron chi connectivity index (χ4n) is 2.09. The summed E-state index contributed by atoms with van der Waals surface area (Å²) in [6.45, 7) is 3.50. The topological polar surface area (TPSA) is 76.4 Å². The highest BCUT2D eigenvalue weighted by Gasteiger charge is 2.26. The molecule has 3 rings (SSSR count). The van der Waals surface area contributed by atoms with Crippen LogP contribution < -0.4 is 4.72 Å². The third-order valence-corrected chi connectivity index (χ3v) is 5.95. The highest BCUT2D eigenvalue weighted by molar-refractivity contribution is 7.92. The third-order valence-electron chi connectivity index (χ3n) is 3.10. The number of nitrogens with zero attached hydrogens (tertiary/aromatic N) is 3. The average molecular weight is 375 g/mol. The van der Waals surface area contributed by atoms with Crippen LogP contribution in [0, 0.1) is 12.7 Å². The predicted octanol–water partition coefficient (Wildman–Crippen LogP) is 3.25. The number of halogens is 2. The Morgan fingerprint density at radius 3 is 2.87 bits per heavy atom. The maximum absolute atomic E-state index is 13.3. The molecule has 0 aliphatic heterocycles. The summed E-state index contributed by atoms with van der Waals surface area (Å²) in [5.41, 5.74) is 0.276. The molecule has 1 aromatic carbocycles. The van der Waals surface area contributed by atoms with Crippen molar-refractivity contribution in [3.63, 3.8) is 0 Å². The van der Waals surface area contributed by atoms with E-state index < -0.39 is 15.8 Å². The second-order valence-corrected chi connectivity index (χ2v) is 7.82. The summed E-state index contributed by atoms with van der Waals surface area (Å²) < 4.78 is 42.2. The van der Waals surface area contributed by atoms with Crippen LogP contribution in [0.5, 0.6) is 0 Å². The monoisotopic (exact) mass is 374 g/mol. The smallest absolute Gasteiger partial charge is 0.277 e. The molecule has 0 aliphatic rings. The number of sulfonamides is 1. The Bertz CT molecular complexity index is 997. The van der Waals surface area contributed by atoms with Crippen molar-refractivity contribution in [2.24, 2.45) is 0 Å². The van der Waals surface area contributed by atoms with Crippen molar-refractivity contribution >= 4 is 43.6 Å². The zero-order valence-corrected chi connectivity index (χ0v) is 14.6. The SMILES string of the molecule is CCc1nn2c(S(=O)(=O)Nc3cc(F)ccc3Cl)c(C)nc2s1. The summed E-state index contributed by atoms with van der Waals surface area (Å²) in [6, 6.07) is 3.45. The molecular formula is C13H12ClFN4O2S2. The van der Waals surface area contributed by atoms with Gasteiger partial charge in [-0.05, 0) is 31.5 Å². The number of anilines is 1. The molecule has 2 aromatic heterocycles. The molecule has 0 atom stereocenters. The van der Waals surface area contributed by atoms with Crippen LogP contribution in [-0.2, 0) is 16.4 Å². The Hall–Kier alpha value is -1.71. The molecule has 0 bridgehead atoms. The van der Waals surface area contributed by atoms with E-state index in [2.05, 4.69) is 14.8 Å². The van der Waals surface area contributed by atoms with Crippen molar-refractivity contribution in [2.75, 3.05) is 4.72 Å². The number of benzene rings is 1. The molecule has 0 amide bonds. The molecule has 0 saturated carbocycles. The highest BCUT2D eigenvalue weighted by atomic mass is 35.5. The summed E-state index contributed by atoms with van der Waals surface area (Å²) in [5.74, 6) is -0.593. The van der Waals surface area contributed by atoms with Gasteiger partial charge in [0.1, 0.15) is 10.8 Å². The number of nitrogens with one attached hydrogen (secondary N) is 1. The number of aryl methyl sites for hydroxylation is 2. The van der Waals surface area contributed by atoms with Crippen LogP contribution in [0.15, 0.2) is 23.2 Å². The zero-order valence-electron chi connectivity index (χ0n) is 12.2. The summed E-state index contributed by atoms with van der Waals surface area (Å²) >= 11 is 7.24. The molecule has 0 saturated heterocycles. The van der Waals surface area contributed by atoms with E-state index in [0.29, 0.717) is 17.1 Å². The molecule has 0 spiro atoms. The minimum absolute atomic E-state index is 0.0352. The van der Waals surface area contributed by atoms with Gasteiger partial charge >= 0.3 is 0 Å². The standard InChI is InChI=1S/C13H12ClFN4O2S2/c1-3-11-17-19-12(7(2)16-13(19)22-11)23(20,21)18-10-6-8(15)4-5-9(10)14/h4-6,18H,3H2,1-2H3. The molecule has 0 aliphatic carbocycles. The molecule has 0 radical (unpaired) electrons. The molecule has 23 heavy (non-hydrogen) atoms. The van der Waals surface area contributed by atoms with Crippen LogP contribution in [0.2, 0.25) is 5.02 Å². The fraction of sp³-hybridized carbons (Fsp3) is 0.231. The molecule has 2 heterocycles. The number of hydrogen-bond acceptors (Lipinski definition) is 5. The van der Waals surface area contributed by atoms with Gasteiger partial charge in [-0.2, -0.15) is 18.0 Å². The van der Waals surface area contributed by atoms with Crippen molar-refractivity contribution in [2.45, 2.75) is 25.3 Å². The third kappa shape index (κ3) is 2.91. The van der Waals surface area contributed by atoms with Crippen molar-refractivity contribution in [3.8, 4) is 0 Å². The van der Waals surface area contributed by atoms with Gasteiger partial charge in [-0.15, -0.1) is 0 Å². The van der Waals surface area contributed by atoms with E-state index in [1.54, 1.807) is 6.92 Å². The van der Waals surface area contributed by atoms with Gasteiger partial charge < -0.3 is 0 Å². The summed E-state index contributed by atoms with van der Waals surface area (Å²) in [7, 11) is -4.02. The van der Waals surface area contributed by atoms with E-state index in [9.17, 15) is 12.8 Å². The fourth-order valence-corrected chi connectivity index (χ4v) is 4.59. The van der Waals surface area contributed by atoms with Crippen molar-refractivity contribution in [3.05, 3.63) is 39.7 Å². The summed E-state index contributed by atoms with van der Waals surface area (Å²) in [6.07, 6.45) is 0.676. The molecule has 0 unspecified atom stereocenters. The number of aromatic nitrogens is 3. The number of fused-ring (bicyclic) bond motifs is 1. The lowest BCUT2D eigenvalue weighted by Gasteiger charge is -2.09. The van der Waals surface area contributed by atoms with Crippen LogP contribution in [0.4, 0.5) is 10.1 Å². The normalized spacial score (nSPS) is 12.0. The number of imidazole rings is 1. The van der Waals surface area contributed by atoms with E-state index in [-0.39, 0.29) is 15.7 Å². The van der Waals surface area contributed by atoms with E-state index in [4.69, 9.17) is 11.6 Å². The van der Waals surface area contributed by atoms with Gasteiger partial charge in [-0.25, -0.2) is 9.37 Å². The lowest BCUT2D eigenvalue weighted by atomic mass is 10.3. The van der Waals surface area contributed by atoms with Gasteiger partial charge in [0, 0.05) is 0 Å². The Labute approximate surface area is 141 Å². The lowest BCUT2D eigenvalue weighted by molar-refractivity contribution is 0.592. The molecule has 6 nitrogen and oxygen atoms in total. The quantitative estimate of drug-likeness (QED) is 0.760. The van der Waals surface area contributed by atoms with E-state index >= 15 is 0 Å².